The van der Waals surface area contributed by atoms with E-state index in [1.807, 2.05) is 40.6 Å². The molecule has 2 aromatic heterocycles. The third kappa shape index (κ3) is 4.22. The van der Waals surface area contributed by atoms with Gasteiger partial charge in [0, 0.05) is 49.5 Å². The van der Waals surface area contributed by atoms with Crippen LogP contribution in [-0.2, 0) is 6.54 Å². The molecule has 138 valence electrons. The number of urea groups is 1. The average molecular weight is 380 g/mol. The quantitative estimate of drug-likeness (QED) is 0.753. The van der Waals surface area contributed by atoms with Crippen molar-refractivity contribution in [3.8, 4) is 11.3 Å². The Labute approximate surface area is 161 Å². The van der Waals surface area contributed by atoms with E-state index in [2.05, 4.69) is 25.2 Å². The Hall–Kier alpha value is -3.00. The molecule has 0 saturated carbocycles. The molecule has 0 spiro atoms. The van der Waals surface area contributed by atoms with E-state index in [4.69, 9.17) is 0 Å². The summed E-state index contributed by atoms with van der Waals surface area (Å²) < 4.78 is 0. The van der Waals surface area contributed by atoms with Crippen LogP contribution in [-0.4, -0.2) is 52.1 Å². The minimum Gasteiger partial charge on any atom is -0.337 e. The van der Waals surface area contributed by atoms with Gasteiger partial charge in [0.1, 0.15) is 5.01 Å². The lowest BCUT2D eigenvalue weighted by Crippen LogP contribution is -2.52. The second-order valence-electron chi connectivity index (χ2n) is 6.17. The van der Waals surface area contributed by atoms with Crippen LogP contribution in [0.4, 0.5) is 10.7 Å². The number of hydrogen-bond donors (Lipinski definition) is 1. The molecule has 0 atom stereocenters. The van der Waals surface area contributed by atoms with Crippen molar-refractivity contribution < 1.29 is 4.79 Å². The molecule has 0 radical (unpaired) electrons. The van der Waals surface area contributed by atoms with Gasteiger partial charge in [-0.1, -0.05) is 30.3 Å². The molecule has 1 aromatic carbocycles. The van der Waals surface area contributed by atoms with Gasteiger partial charge in [-0.05, 0) is 6.07 Å². The van der Waals surface area contributed by atoms with Crippen LogP contribution in [0, 0.1) is 0 Å². The summed E-state index contributed by atoms with van der Waals surface area (Å²) in [4.78, 5) is 29.5. The fourth-order valence-electron chi connectivity index (χ4n) is 2.96. The zero-order valence-electron chi connectivity index (χ0n) is 14.8. The largest absolute Gasteiger partial charge is 0.337 e. The lowest BCUT2D eigenvalue weighted by Gasteiger charge is -2.34. The van der Waals surface area contributed by atoms with E-state index < -0.39 is 0 Å². The smallest absolute Gasteiger partial charge is 0.317 e. The van der Waals surface area contributed by atoms with Crippen molar-refractivity contribution in [3.63, 3.8) is 0 Å². The van der Waals surface area contributed by atoms with Gasteiger partial charge in [-0.2, -0.15) is 0 Å². The molecule has 2 amide bonds. The van der Waals surface area contributed by atoms with Crippen molar-refractivity contribution in [2.45, 2.75) is 6.54 Å². The summed E-state index contributed by atoms with van der Waals surface area (Å²) in [7, 11) is 0. The highest BCUT2D eigenvalue weighted by Gasteiger charge is 2.22. The highest BCUT2D eigenvalue weighted by Crippen LogP contribution is 2.21. The summed E-state index contributed by atoms with van der Waals surface area (Å²) in [6, 6.07) is 11.8. The normalized spacial score (nSPS) is 14.2. The first kappa shape index (κ1) is 17.4. The number of rotatable bonds is 4. The van der Waals surface area contributed by atoms with Crippen LogP contribution in [0.15, 0.2) is 54.2 Å². The molecule has 0 aliphatic carbocycles. The average Bonchev–Trinajstić information content (AvgIpc) is 3.22. The maximum atomic E-state index is 12.4. The number of thiazole rings is 1. The predicted molar refractivity (Wildman–Crippen MR) is 106 cm³/mol. The van der Waals surface area contributed by atoms with Gasteiger partial charge in [-0.3, -0.25) is 0 Å². The van der Waals surface area contributed by atoms with Crippen molar-refractivity contribution in [2.24, 2.45) is 0 Å². The molecule has 1 saturated heterocycles. The topological polar surface area (TPSA) is 74.2 Å². The van der Waals surface area contributed by atoms with Crippen molar-refractivity contribution in [2.75, 3.05) is 31.1 Å². The molecule has 4 rings (SSSR count). The summed E-state index contributed by atoms with van der Waals surface area (Å²) in [6.45, 7) is 3.20. The number of piperazine rings is 1. The Bertz CT molecular complexity index is 877. The second kappa shape index (κ2) is 8.13. The Morgan fingerprint density at radius 2 is 1.78 bits per heavy atom. The van der Waals surface area contributed by atoms with Crippen LogP contribution in [0.3, 0.4) is 0 Å². The third-order valence-electron chi connectivity index (χ3n) is 4.41. The van der Waals surface area contributed by atoms with E-state index in [-0.39, 0.29) is 6.03 Å². The van der Waals surface area contributed by atoms with Crippen molar-refractivity contribution in [1.82, 2.24) is 25.2 Å². The van der Waals surface area contributed by atoms with Crippen molar-refractivity contribution in [3.05, 3.63) is 59.2 Å². The summed E-state index contributed by atoms with van der Waals surface area (Å²) in [6.07, 6.45) is 3.47. The molecule has 27 heavy (non-hydrogen) atoms. The Kier molecular flexibility index (Phi) is 5.24. The fraction of sp³-hybridized carbons (Fsp3) is 0.263. The van der Waals surface area contributed by atoms with Crippen molar-refractivity contribution in [1.29, 1.82) is 0 Å². The molecule has 1 N–H and O–H groups in total. The number of carbonyl (C=O) groups is 1. The van der Waals surface area contributed by atoms with Gasteiger partial charge in [0.05, 0.1) is 12.2 Å². The molecule has 3 aromatic rings. The van der Waals surface area contributed by atoms with Gasteiger partial charge >= 0.3 is 6.03 Å². The molecular formula is C19H20N6OS. The molecule has 7 nitrogen and oxygen atoms in total. The number of anilines is 1. The number of amides is 2. The van der Waals surface area contributed by atoms with Gasteiger partial charge < -0.3 is 15.1 Å². The van der Waals surface area contributed by atoms with E-state index in [1.165, 1.54) is 0 Å². The minimum absolute atomic E-state index is 0.0555. The first-order chi connectivity index (χ1) is 13.3. The van der Waals surface area contributed by atoms with Gasteiger partial charge in [0.2, 0.25) is 5.95 Å². The zero-order chi connectivity index (χ0) is 18.5. The molecular weight excluding hydrogens is 360 g/mol. The van der Waals surface area contributed by atoms with E-state index in [0.717, 1.165) is 29.4 Å². The van der Waals surface area contributed by atoms with E-state index in [9.17, 15) is 4.79 Å². The maximum Gasteiger partial charge on any atom is 0.317 e. The van der Waals surface area contributed by atoms with E-state index >= 15 is 0 Å². The van der Waals surface area contributed by atoms with Crippen LogP contribution in [0.5, 0.6) is 0 Å². The minimum atomic E-state index is -0.0555. The zero-order valence-corrected chi connectivity index (χ0v) is 15.6. The number of hydrogen-bond acceptors (Lipinski definition) is 6. The SMILES string of the molecule is O=C(NCc1nc(-c2ccccc2)cs1)N1CCN(c2ncccn2)CC1. The third-order valence-corrected chi connectivity index (χ3v) is 5.26. The second-order valence-corrected chi connectivity index (χ2v) is 7.12. The Morgan fingerprint density at radius 3 is 2.52 bits per heavy atom. The summed E-state index contributed by atoms with van der Waals surface area (Å²) >= 11 is 1.56. The molecule has 1 fully saturated rings. The fourth-order valence-corrected chi connectivity index (χ4v) is 3.70. The number of nitrogens with one attached hydrogen (secondary N) is 1. The lowest BCUT2D eigenvalue weighted by molar-refractivity contribution is 0.193. The number of carbonyl (C=O) groups excluding carboxylic acids is 1. The van der Waals surface area contributed by atoms with E-state index in [0.29, 0.717) is 25.6 Å². The Morgan fingerprint density at radius 1 is 1.04 bits per heavy atom. The summed E-state index contributed by atoms with van der Waals surface area (Å²) in [5.74, 6) is 0.716. The first-order valence-electron chi connectivity index (χ1n) is 8.84. The molecule has 0 unspecified atom stereocenters. The Balaban J connectivity index is 1.27. The van der Waals surface area contributed by atoms with E-state index in [1.54, 1.807) is 29.8 Å². The van der Waals surface area contributed by atoms with Crippen LogP contribution in [0.25, 0.3) is 11.3 Å². The monoisotopic (exact) mass is 380 g/mol. The van der Waals surface area contributed by atoms with Crippen LogP contribution in [0.1, 0.15) is 5.01 Å². The van der Waals surface area contributed by atoms with Crippen LogP contribution in [0.2, 0.25) is 0 Å². The number of aromatic nitrogens is 3. The highest BCUT2D eigenvalue weighted by molar-refractivity contribution is 7.09. The van der Waals surface area contributed by atoms with Crippen molar-refractivity contribution >= 4 is 23.3 Å². The first-order valence-corrected chi connectivity index (χ1v) is 9.72. The summed E-state index contributed by atoms with van der Waals surface area (Å²) in [5.41, 5.74) is 2.03. The van der Waals surface area contributed by atoms with Crippen LogP contribution < -0.4 is 10.2 Å². The van der Waals surface area contributed by atoms with Gasteiger partial charge in [0.15, 0.2) is 0 Å². The number of benzene rings is 1. The molecule has 3 heterocycles. The van der Waals surface area contributed by atoms with Crippen LogP contribution >= 0.6 is 11.3 Å². The van der Waals surface area contributed by atoms with Gasteiger partial charge in [0.25, 0.3) is 0 Å². The molecule has 8 heteroatoms. The van der Waals surface area contributed by atoms with Gasteiger partial charge in [-0.25, -0.2) is 19.7 Å². The maximum absolute atomic E-state index is 12.4. The molecule has 1 aliphatic heterocycles. The number of nitrogens with zero attached hydrogens (tertiary/aromatic N) is 5. The predicted octanol–water partition coefficient (Wildman–Crippen LogP) is 2.63. The standard InChI is InChI=1S/C19H20N6OS/c26-19(25-11-9-24(10-12-25)18-20-7-4-8-21-18)22-13-17-23-16(14-27-17)15-5-2-1-3-6-15/h1-8,14H,9-13H2,(H,22,26). The lowest BCUT2D eigenvalue weighted by atomic mass is 10.2. The molecule has 0 bridgehead atoms. The highest BCUT2D eigenvalue weighted by atomic mass is 32.1. The van der Waals surface area contributed by atoms with Gasteiger partial charge in [-0.15, -0.1) is 11.3 Å². The molecule has 1 aliphatic rings. The summed E-state index contributed by atoms with van der Waals surface area (Å²) in [5, 5.41) is 5.90.